The monoisotopic (exact) mass is 493 g/mol. The van der Waals surface area contributed by atoms with Crippen LogP contribution in [0.3, 0.4) is 0 Å². The molecule has 0 aliphatic carbocycles. The lowest BCUT2D eigenvalue weighted by molar-refractivity contribution is -0.124. The van der Waals surface area contributed by atoms with Gasteiger partial charge < -0.3 is 10.1 Å². The molecule has 7 heteroatoms. The van der Waals surface area contributed by atoms with E-state index in [0.29, 0.717) is 28.3 Å². The van der Waals surface area contributed by atoms with Gasteiger partial charge in [0.2, 0.25) is 5.91 Å². The van der Waals surface area contributed by atoms with E-state index in [-0.39, 0.29) is 35.3 Å². The van der Waals surface area contributed by atoms with Crippen LogP contribution >= 0.6 is 27.5 Å². The highest BCUT2D eigenvalue weighted by Crippen LogP contribution is 2.27. The Morgan fingerprint density at radius 1 is 1.03 bits per heavy atom. The first-order chi connectivity index (χ1) is 14.2. The van der Waals surface area contributed by atoms with Crippen LogP contribution in [0.25, 0.3) is 0 Å². The first-order valence-corrected chi connectivity index (χ1v) is 11.1. The lowest BCUT2D eigenvalue weighted by Gasteiger charge is -2.16. The molecule has 0 heterocycles. The van der Waals surface area contributed by atoms with E-state index in [1.54, 1.807) is 37.4 Å². The van der Waals surface area contributed by atoms with Gasteiger partial charge in [0.25, 0.3) is 0 Å². The van der Waals surface area contributed by atoms with Crippen LogP contribution in [0.5, 0.6) is 5.75 Å². The molecule has 0 saturated carbocycles. The molecular formula is C23H25BrClNO4. The minimum Gasteiger partial charge on any atom is -0.489 e. The molecule has 0 radical (unpaired) electrons. The van der Waals surface area contributed by atoms with Gasteiger partial charge in [0.15, 0.2) is 11.6 Å². The molecule has 0 aliphatic heterocycles. The van der Waals surface area contributed by atoms with Crippen molar-refractivity contribution in [3.05, 3.63) is 64.2 Å². The molecule has 1 atom stereocenters. The summed E-state index contributed by atoms with van der Waals surface area (Å²) < 4.78 is 5.60. The van der Waals surface area contributed by atoms with Crippen molar-refractivity contribution in [1.82, 2.24) is 5.32 Å². The summed E-state index contributed by atoms with van der Waals surface area (Å²) in [4.78, 5) is 36.9. The number of amides is 1. The summed E-state index contributed by atoms with van der Waals surface area (Å²) in [7, 11) is 1.55. The van der Waals surface area contributed by atoms with Gasteiger partial charge in [0.1, 0.15) is 5.75 Å². The van der Waals surface area contributed by atoms with Crippen molar-refractivity contribution in [2.24, 2.45) is 5.92 Å². The van der Waals surface area contributed by atoms with Crippen molar-refractivity contribution in [2.45, 2.75) is 32.8 Å². The topological polar surface area (TPSA) is 72.5 Å². The Hall–Kier alpha value is -2.18. The van der Waals surface area contributed by atoms with E-state index in [2.05, 4.69) is 21.2 Å². The summed E-state index contributed by atoms with van der Waals surface area (Å²) >= 11 is 9.39. The number of rotatable bonds is 10. The third kappa shape index (κ3) is 6.67. The van der Waals surface area contributed by atoms with E-state index < -0.39 is 5.92 Å². The quantitative estimate of drug-likeness (QED) is 0.377. The van der Waals surface area contributed by atoms with E-state index in [1.807, 2.05) is 26.0 Å². The first-order valence-electron chi connectivity index (χ1n) is 9.64. The molecule has 0 spiro atoms. The zero-order valence-corrected chi connectivity index (χ0v) is 19.5. The van der Waals surface area contributed by atoms with Gasteiger partial charge in [0.05, 0.1) is 16.5 Å². The Bertz CT molecular complexity index is 912. The minimum atomic E-state index is -0.536. The number of carbonyl (C=O) groups excluding carboxylic acids is 3. The van der Waals surface area contributed by atoms with Crippen molar-refractivity contribution < 1.29 is 19.1 Å². The smallest absolute Gasteiger partial charge is 0.223 e. The van der Waals surface area contributed by atoms with E-state index in [9.17, 15) is 14.4 Å². The van der Waals surface area contributed by atoms with E-state index in [0.717, 1.165) is 5.56 Å². The lowest BCUT2D eigenvalue weighted by atomic mass is 9.91. The van der Waals surface area contributed by atoms with Crippen LogP contribution in [0.15, 0.2) is 42.5 Å². The Balaban J connectivity index is 2.14. The van der Waals surface area contributed by atoms with E-state index in [4.69, 9.17) is 16.3 Å². The number of hydrogen-bond acceptors (Lipinski definition) is 4. The predicted molar refractivity (Wildman–Crippen MR) is 122 cm³/mol. The second kappa shape index (κ2) is 11.3. The van der Waals surface area contributed by atoms with Gasteiger partial charge >= 0.3 is 0 Å². The van der Waals surface area contributed by atoms with Crippen molar-refractivity contribution >= 4 is 45.0 Å². The number of ether oxygens (including phenoxy) is 1. The number of ketones is 2. The Morgan fingerprint density at radius 2 is 1.67 bits per heavy atom. The van der Waals surface area contributed by atoms with Gasteiger partial charge in [-0.05, 0) is 44.0 Å². The number of benzene rings is 2. The number of halogens is 2. The van der Waals surface area contributed by atoms with Gasteiger partial charge in [0, 0.05) is 30.5 Å². The van der Waals surface area contributed by atoms with Gasteiger partial charge in [-0.2, -0.15) is 0 Å². The molecule has 2 rings (SSSR count). The largest absolute Gasteiger partial charge is 0.489 e. The molecule has 2 aromatic carbocycles. The average Bonchev–Trinajstić information content (AvgIpc) is 2.73. The molecule has 0 aromatic heterocycles. The Morgan fingerprint density at radius 3 is 2.20 bits per heavy atom. The fraction of sp³-hybridized carbons (Fsp3) is 0.348. The van der Waals surface area contributed by atoms with Crippen LogP contribution in [-0.4, -0.2) is 36.0 Å². The van der Waals surface area contributed by atoms with Crippen LogP contribution in [0.1, 0.15) is 46.5 Å². The highest BCUT2D eigenvalue weighted by molar-refractivity contribution is 9.09. The maximum atomic E-state index is 12.8. The Labute approximate surface area is 190 Å². The zero-order valence-electron chi connectivity index (χ0n) is 17.2. The number of hydrogen-bond donors (Lipinski definition) is 1. The third-order valence-electron chi connectivity index (χ3n) is 4.54. The molecule has 0 fully saturated rings. The van der Waals surface area contributed by atoms with Crippen LogP contribution in [0, 0.1) is 5.92 Å². The van der Waals surface area contributed by atoms with Crippen LogP contribution < -0.4 is 10.1 Å². The molecule has 0 bridgehead atoms. The van der Waals surface area contributed by atoms with Crippen LogP contribution in [0.4, 0.5) is 0 Å². The molecule has 160 valence electrons. The van der Waals surface area contributed by atoms with Crippen molar-refractivity contribution in [2.75, 3.05) is 12.4 Å². The number of carbonyl (C=O) groups is 3. The summed E-state index contributed by atoms with van der Waals surface area (Å²) in [6.45, 7) is 3.79. The zero-order chi connectivity index (χ0) is 22.3. The molecule has 30 heavy (non-hydrogen) atoms. The number of alkyl halides is 1. The normalized spacial score (nSPS) is 11.8. The van der Waals surface area contributed by atoms with Gasteiger partial charge in [-0.15, -0.1) is 0 Å². The second-order valence-corrected chi connectivity index (χ2v) is 8.18. The van der Waals surface area contributed by atoms with Crippen molar-refractivity contribution in [3.8, 4) is 5.75 Å². The highest BCUT2D eigenvalue weighted by atomic mass is 79.9. The summed E-state index contributed by atoms with van der Waals surface area (Å²) in [5.74, 6) is -0.418. The maximum absolute atomic E-state index is 12.8. The average molecular weight is 495 g/mol. The molecule has 0 aliphatic rings. The molecule has 1 unspecified atom stereocenters. The number of Topliss-reactive ketones (excluding diaryl/α,β-unsaturated/α-hetero) is 2. The number of nitrogens with one attached hydrogen (secondary N) is 1. The molecule has 2 aromatic rings. The predicted octanol–water partition coefficient (Wildman–Crippen LogP) is 4.88. The van der Waals surface area contributed by atoms with Crippen molar-refractivity contribution in [1.29, 1.82) is 0 Å². The Kier molecular flexibility index (Phi) is 9.06. The molecule has 5 nitrogen and oxygen atoms in total. The fourth-order valence-electron chi connectivity index (χ4n) is 3.02. The summed E-state index contributed by atoms with van der Waals surface area (Å²) in [5.41, 5.74) is 1.91. The molecule has 1 N–H and O–H groups in total. The second-order valence-electron chi connectivity index (χ2n) is 7.21. The SMILES string of the molecule is CNC(=O)C(CC(=O)c1ccc(OC(C)C)c(Cl)c1)Cc1ccc(C(=O)CBr)cc1. The van der Waals surface area contributed by atoms with Gasteiger partial charge in [-0.3, -0.25) is 14.4 Å². The molecule has 0 saturated heterocycles. The summed E-state index contributed by atoms with van der Waals surface area (Å²) in [6, 6.07) is 12.0. The third-order valence-corrected chi connectivity index (χ3v) is 5.35. The highest BCUT2D eigenvalue weighted by Gasteiger charge is 2.23. The molecule has 1 amide bonds. The van der Waals surface area contributed by atoms with E-state index in [1.165, 1.54) is 0 Å². The van der Waals surface area contributed by atoms with Crippen LogP contribution in [0.2, 0.25) is 5.02 Å². The summed E-state index contributed by atoms with van der Waals surface area (Å²) in [6.07, 6.45) is 0.400. The lowest BCUT2D eigenvalue weighted by Crippen LogP contribution is -2.30. The van der Waals surface area contributed by atoms with Gasteiger partial charge in [-0.1, -0.05) is 51.8 Å². The van der Waals surface area contributed by atoms with Crippen molar-refractivity contribution in [3.63, 3.8) is 0 Å². The fourth-order valence-corrected chi connectivity index (χ4v) is 3.56. The maximum Gasteiger partial charge on any atom is 0.223 e. The van der Waals surface area contributed by atoms with E-state index >= 15 is 0 Å². The van der Waals surface area contributed by atoms with Crippen LogP contribution in [-0.2, 0) is 11.2 Å². The summed E-state index contributed by atoms with van der Waals surface area (Å²) in [5, 5.41) is 3.24. The van der Waals surface area contributed by atoms with Gasteiger partial charge in [-0.25, -0.2) is 0 Å². The molecular weight excluding hydrogens is 470 g/mol. The first kappa shape index (κ1) is 24.1. The minimum absolute atomic E-state index is 0.0126. The standard InChI is InChI=1S/C23H25BrClNO4/c1-14(2)30-22-9-8-17(11-19(22)25)20(27)12-18(23(29)26-3)10-15-4-6-16(7-5-15)21(28)13-24/h4-9,11,14,18H,10,12-13H2,1-3H3,(H,26,29).